The van der Waals surface area contributed by atoms with E-state index in [0.717, 1.165) is 38.5 Å². The number of carboxylic acids is 2. The fraction of sp³-hybridized carbons (Fsp3) is 0.857. The van der Waals surface area contributed by atoms with Crippen LogP contribution in [0.2, 0.25) is 0 Å². The molecule has 0 aromatic rings. The zero-order valence-electron chi connectivity index (χ0n) is 11.4. The van der Waals surface area contributed by atoms with Crippen molar-refractivity contribution in [1.29, 1.82) is 0 Å². The average Bonchev–Trinajstić information content (AvgIpc) is 2.30. The summed E-state index contributed by atoms with van der Waals surface area (Å²) in [7, 11) is 0. The molecule has 0 atom stereocenters. The van der Waals surface area contributed by atoms with Gasteiger partial charge in [0, 0.05) is 0 Å². The van der Waals surface area contributed by atoms with Crippen molar-refractivity contribution in [2.75, 3.05) is 0 Å². The molecule has 1 fully saturated rings. The highest BCUT2D eigenvalue weighted by atomic mass is 16.4. The zero-order chi connectivity index (χ0) is 13.8. The molecule has 0 bridgehead atoms. The minimum Gasteiger partial charge on any atom is -0.480 e. The lowest BCUT2D eigenvalue weighted by atomic mass is 9.60. The van der Waals surface area contributed by atoms with Crippen LogP contribution in [0.1, 0.15) is 65.2 Å². The van der Waals surface area contributed by atoms with E-state index >= 15 is 0 Å². The Morgan fingerprint density at radius 3 is 1.56 bits per heavy atom. The number of hydrogen-bond acceptors (Lipinski definition) is 2. The molecule has 0 aromatic carbocycles. The van der Waals surface area contributed by atoms with E-state index in [1.165, 1.54) is 0 Å². The summed E-state index contributed by atoms with van der Waals surface area (Å²) >= 11 is 0. The van der Waals surface area contributed by atoms with Gasteiger partial charge in [-0.25, -0.2) is 0 Å². The van der Waals surface area contributed by atoms with Crippen molar-refractivity contribution in [3.63, 3.8) is 0 Å². The minimum absolute atomic E-state index is 0.178. The van der Waals surface area contributed by atoms with E-state index in [0.29, 0.717) is 0 Å². The monoisotopic (exact) mass is 256 g/mol. The third-order valence-corrected chi connectivity index (χ3v) is 4.54. The SMILES string of the molecule is CCCC1(CCC)CCC(C(=O)O)(C(=O)O)CC1. The Labute approximate surface area is 108 Å². The van der Waals surface area contributed by atoms with Crippen molar-refractivity contribution in [2.45, 2.75) is 65.2 Å². The largest absolute Gasteiger partial charge is 0.480 e. The Balaban J connectivity index is 2.83. The number of carbonyl (C=O) groups is 2. The van der Waals surface area contributed by atoms with E-state index in [1.54, 1.807) is 0 Å². The minimum atomic E-state index is -1.54. The van der Waals surface area contributed by atoms with E-state index in [-0.39, 0.29) is 18.3 Å². The second-order valence-electron chi connectivity index (χ2n) is 5.69. The van der Waals surface area contributed by atoms with Crippen LogP contribution < -0.4 is 0 Å². The standard InChI is InChI=1S/C14H24O4/c1-3-5-13(6-4-2)7-9-14(10-8-13,11(15)16)12(17)18/h3-10H2,1-2H3,(H,15,16)(H,17,18). The molecule has 1 rings (SSSR count). The topological polar surface area (TPSA) is 74.6 Å². The predicted octanol–water partition coefficient (Wildman–Crippen LogP) is 3.30. The molecular formula is C14H24O4. The molecule has 4 heteroatoms. The maximum Gasteiger partial charge on any atom is 0.321 e. The second-order valence-corrected chi connectivity index (χ2v) is 5.69. The molecule has 0 radical (unpaired) electrons. The van der Waals surface area contributed by atoms with Crippen LogP contribution in [0.3, 0.4) is 0 Å². The molecule has 0 amide bonds. The summed E-state index contributed by atoms with van der Waals surface area (Å²) < 4.78 is 0. The lowest BCUT2D eigenvalue weighted by Crippen LogP contribution is -2.45. The van der Waals surface area contributed by atoms with Crippen LogP contribution in [-0.4, -0.2) is 22.2 Å². The van der Waals surface area contributed by atoms with Gasteiger partial charge in [0.15, 0.2) is 5.41 Å². The van der Waals surface area contributed by atoms with Gasteiger partial charge in [-0.1, -0.05) is 26.7 Å². The molecule has 0 aromatic heterocycles. The average molecular weight is 256 g/mol. The molecule has 104 valence electrons. The number of rotatable bonds is 6. The maximum absolute atomic E-state index is 11.3. The van der Waals surface area contributed by atoms with E-state index in [9.17, 15) is 19.8 Å². The quantitative estimate of drug-likeness (QED) is 0.715. The highest BCUT2D eigenvalue weighted by molar-refractivity contribution is 5.98. The summed E-state index contributed by atoms with van der Waals surface area (Å²) in [5.74, 6) is -2.34. The maximum atomic E-state index is 11.3. The van der Waals surface area contributed by atoms with Crippen LogP contribution >= 0.6 is 0 Å². The predicted molar refractivity (Wildman–Crippen MR) is 68.4 cm³/mol. The van der Waals surface area contributed by atoms with Gasteiger partial charge in [0.25, 0.3) is 0 Å². The van der Waals surface area contributed by atoms with Gasteiger partial charge < -0.3 is 10.2 Å². The first kappa shape index (κ1) is 15.0. The fourth-order valence-electron chi connectivity index (χ4n) is 3.41. The van der Waals surface area contributed by atoms with Gasteiger partial charge in [-0.05, 0) is 43.9 Å². The molecule has 1 aliphatic rings. The van der Waals surface area contributed by atoms with Crippen molar-refractivity contribution < 1.29 is 19.8 Å². The summed E-state index contributed by atoms with van der Waals surface area (Å²) in [6.07, 6.45) is 6.32. The van der Waals surface area contributed by atoms with Crippen molar-refractivity contribution in [1.82, 2.24) is 0 Å². The van der Waals surface area contributed by atoms with Gasteiger partial charge >= 0.3 is 11.9 Å². The van der Waals surface area contributed by atoms with Crippen LogP contribution in [-0.2, 0) is 9.59 Å². The highest BCUT2D eigenvalue weighted by Crippen LogP contribution is 2.50. The van der Waals surface area contributed by atoms with Crippen LogP contribution in [0.4, 0.5) is 0 Å². The van der Waals surface area contributed by atoms with Gasteiger partial charge in [-0.15, -0.1) is 0 Å². The molecule has 0 spiro atoms. The first-order valence-corrected chi connectivity index (χ1v) is 6.89. The lowest BCUT2D eigenvalue weighted by molar-refractivity contribution is -0.169. The van der Waals surface area contributed by atoms with Crippen molar-refractivity contribution >= 4 is 11.9 Å². The number of hydrogen-bond donors (Lipinski definition) is 2. The third kappa shape index (κ3) is 2.68. The van der Waals surface area contributed by atoms with E-state index in [1.807, 2.05) is 0 Å². The Hall–Kier alpha value is -1.06. The summed E-state index contributed by atoms with van der Waals surface area (Å²) in [4.78, 5) is 22.5. The normalized spacial score (nSPS) is 21.4. The Bertz CT molecular complexity index is 290. The molecule has 1 aliphatic carbocycles. The molecule has 0 saturated heterocycles. The summed E-state index contributed by atoms with van der Waals surface area (Å²) in [6.45, 7) is 4.27. The summed E-state index contributed by atoms with van der Waals surface area (Å²) in [5, 5.41) is 18.4. The van der Waals surface area contributed by atoms with Crippen molar-refractivity contribution in [3.8, 4) is 0 Å². The molecular weight excluding hydrogens is 232 g/mol. The summed E-state index contributed by atoms with van der Waals surface area (Å²) in [6, 6.07) is 0. The molecule has 0 heterocycles. The van der Waals surface area contributed by atoms with Crippen molar-refractivity contribution in [2.24, 2.45) is 10.8 Å². The van der Waals surface area contributed by atoms with Crippen LogP contribution in [0.15, 0.2) is 0 Å². The van der Waals surface area contributed by atoms with Crippen LogP contribution in [0.25, 0.3) is 0 Å². The molecule has 0 unspecified atom stereocenters. The zero-order valence-corrected chi connectivity index (χ0v) is 11.4. The lowest BCUT2D eigenvalue weighted by Gasteiger charge is -2.43. The second kappa shape index (κ2) is 5.72. The van der Waals surface area contributed by atoms with Gasteiger partial charge in [-0.3, -0.25) is 9.59 Å². The van der Waals surface area contributed by atoms with E-state index < -0.39 is 17.4 Å². The van der Waals surface area contributed by atoms with Crippen molar-refractivity contribution in [3.05, 3.63) is 0 Å². The van der Waals surface area contributed by atoms with Gasteiger partial charge in [0.2, 0.25) is 0 Å². The molecule has 18 heavy (non-hydrogen) atoms. The smallest absolute Gasteiger partial charge is 0.321 e. The Kier molecular flexibility index (Phi) is 4.77. The molecule has 0 aliphatic heterocycles. The number of carboxylic acid groups (broad SMARTS) is 2. The summed E-state index contributed by atoms with van der Waals surface area (Å²) in [5.41, 5.74) is -1.36. The van der Waals surface area contributed by atoms with E-state index in [4.69, 9.17) is 0 Å². The van der Waals surface area contributed by atoms with Gasteiger partial charge in [-0.2, -0.15) is 0 Å². The first-order valence-electron chi connectivity index (χ1n) is 6.89. The Morgan fingerprint density at radius 2 is 1.28 bits per heavy atom. The van der Waals surface area contributed by atoms with Gasteiger partial charge in [0.05, 0.1) is 0 Å². The van der Waals surface area contributed by atoms with E-state index in [2.05, 4.69) is 13.8 Å². The highest BCUT2D eigenvalue weighted by Gasteiger charge is 2.51. The molecule has 2 N–H and O–H groups in total. The first-order chi connectivity index (χ1) is 8.42. The van der Waals surface area contributed by atoms with Crippen LogP contribution in [0, 0.1) is 10.8 Å². The fourth-order valence-corrected chi connectivity index (χ4v) is 3.41. The Morgan fingerprint density at radius 1 is 0.889 bits per heavy atom. The molecule has 1 saturated carbocycles. The molecule has 4 nitrogen and oxygen atoms in total. The number of aliphatic carboxylic acids is 2. The van der Waals surface area contributed by atoms with Crippen LogP contribution in [0.5, 0.6) is 0 Å². The third-order valence-electron chi connectivity index (χ3n) is 4.54. The van der Waals surface area contributed by atoms with Gasteiger partial charge in [0.1, 0.15) is 0 Å².